The minimum absolute atomic E-state index is 0.423. The summed E-state index contributed by atoms with van der Waals surface area (Å²) < 4.78 is 7.91. The van der Waals surface area contributed by atoms with Crippen LogP contribution in [0.2, 0.25) is 0 Å². The van der Waals surface area contributed by atoms with Crippen molar-refractivity contribution in [3.63, 3.8) is 0 Å². The molecule has 0 spiro atoms. The molecule has 0 fully saturated rings. The molecule has 0 aliphatic heterocycles. The number of anilines is 3. The summed E-state index contributed by atoms with van der Waals surface area (Å²) in [7, 11) is 1.99. The quantitative estimate of drug-likeness (QED) is 0.542. The number of nitrogen functional groups attached to an aromatic ring is 1. The number of hydrogen-bond donors (Lipinski definition) is 2. The highest BCUT2D eigenvalue weighted by atomic mass is 16.5. The number of imidazole rings is 1. The fourth-order valence-corrected chi connectivity index (χ4v) is 2.98. The van der Waals surface area contributed by atoms with E-state index < -0.39 is 0 Å². The van der Waals surface area contributed by atoms with Crippen molar-refractivity contribution in [1.82, 2.24) is 14.5 Å². The molecule has 0 amide bonds. The van der Waals surface area contributed by atoms with Crippen molar-refractivity contribution < 1.29 is 4.74 Å². The number of pyridine rings is 1. The summed E-state index contributed by atoms with van der Waals surface area (Å²) in [6.45, 7) is 2.14. The van der Waals surface area contributed by atoms with Crippen LogP contribution in [0.25, 0.3) is 11.0 Å². The van der Waals surface area contributed by atoms with E-state index in [1.165, 1.54) is 5.56 Å². The zero-order valence-electron chi connectivity index (χ0n) is 15.3. The predicted molar refractivity (Wildman–Crippen MR) is 109 cm³/mol. The Bertz CT molecular complexity index is 1100. The Morgan fingerprint density at radius 2 is 1.93 bits per heavy atom. The summed E-state index contributed by atoms with van der Waals surface area (Å²) >= 11 is 0. The number of aromatic nitrogens is 3. The molecule has 0 saturated carbocycles. The van der Waals surface area contributed by atoms with Gasteiger partial charge in [0, 0.05) is 31.1 Å². The van der Waals surface area contributed by atoms with Crippen LogP contribution in [0.3, 0.4) is 0 Å². The molecule has 2 heterocycles. The van der Waals surface area contributed by atoms with E-state index in [1.54, 1.807) is 18.3 Å². The first-order valence-electron chi connectivity index (χ1n) is 8.84. The molecule has 3 N–H and O–H groups in total. The lowest BCUT2D eigenvalue weighted by atomic mass is 10.1. The molecular formula is C21H21N5O. The average Bonchev–Trinajstić information content (AvgIpc) is 2.97. The molecule has 136 valence electrons. The first-order chi connectivity index (χ1) is 13.1. The third-order valence-electron chi connectivity index (χ3n) is 4.43. The second-order valence-electron chi connectivity index (χ2n) is 6.34. The molecule has 0 atom stereocenters. The molecule has 4 aromatic rings. The van der Waals surface area contributed by atoms with Crippen molar-refractivity contribution in [2.75, 3.05) is 11.1 Å². The molecule has 0 bridgehead atoms. The van der Waals surface area contributed by atoms with E-state index in [9.17, 15) is 0 Å². The van der Waals surface area contributed by atoms with Gasteiger partial charge in [-0.15, -0.1) is 0 Å². The number of rotatable bonds is 5. The number of aryl methyl sites for hydroxylation is 2. The van der Waals surface area contributed by atoms with Gasteiger partial charge in [-0.3, -0.25) is 0 Å². The Morgan fingerprint density at radius 1 is 1.07 bits per heavy atom. The first kappa shape index (κ1) is 16.9. The molecule has 0 aliphatic carbocycles. The summed E-state index contributed by atoms with van der Waals surface area (Å²) in [6, 6.07) is 17.6. The summed E-state index contributed by atoms with van der Waals surface area (Å²) in [5.41, 5.74) is 9.88. The number of fused-ring (bicyclic) bond motifs is 1. The van der Waals surface area contributed by atoms with Crippen LogP contribution in [0.4, 0.5) is 17.5 Å². The Hall–Kier alpha value is -3.54. The van der Waals surface area contributed by atoms with Crippen molar-refractivity contribution in [3.05, 3.63) is 66.4 Å². The lowest BCUT2D eigenvalue weighted by molar-refractivity contribution is 0.483. The molecule has 6 nitrogen and oxygen atoms in total. The molecule has 0 unspecified atom stereocenters. The van der Waals surface area contributed by atoms with Crippen molar-refractivity contribution in [2.45, 2.75) is 13.3 Å². The third-order valence-corrected chi connectivity index (χ3v) is 4.43. The molecule has 27 heavy (non-hydrogen) atoms. The lowest BCUT2D eigenvalue weighted by Crippen LogP contribution is -1.99. The second-order valence-corrected chi connectivity index (χ2v) is 6.34. The number of nitrogens with zero attached hydrogens (tertiary/aromatic N) is 3. The topological polar surface area (TPSA) is 78.0 Å². The lowest BCUT2D eigenvalue weighted by Gasteiger charge is -2.07. The van der Waals surface area contributed by atoms with E-state index in [0.717, 1.165) is 29.1 Å². The van der Waals surface area contributed by atoms with Gasteiger partial charge in [-0.2, -0.15) is 0 Å². The van der Waals surface area contributed by atoms with E-state index in [0.29, 0.717) is 17.3 Å². The average molecular weight is 359 g/mol. The van der Waals surface area contributed by atoms with Crippen LogP contribution < -0.4 is 15.8 Å². The summed E-state index contributed by atoms with van der Waals surface area (Å²) in [5.74, 6) is 2.55. The fourth-order valence-electron chi connectivity index (χ4n) is 2.98. The smallest absolute Gasteiger partial charge is 0.208 e. The van der Waals surface area contributed by atoms with E-state index in [-0.39, 0.29) is 0 Å². The van der Waals surface area contributed by atoms with Gasteiger partial charge in [0.25, 0.3) is 0 Å². The highest BCUT2D eigenvalue weighted by Crippen LogP contribution is 2.28. The summed E-state index contributed by atoms with van der Waals surface area (Å²) in [4.78, 5) is 8.69. The number of benzene rings is 2. The van der Waals surface area contributed by atoms with Gasteiger partial charge in [0.1, 0.15) is 17.3 Å². The Labute approximate surface area is 157 Å². The maximum atomic E-state index is 5.88. The molecular weight excluding hydrogens is 338 g/mol. The largest absolute Gasteiger partial charge is 0.457 e. The van der Waals surface area contributed by atoms with E-state index >= 15 is 0 Å². The van der Waals surface area contributed by atoms with Crippen molar-refractivity contribution in [3.8, 4) is 11.5 Å². The van der Waals surface area contributed by atoms with Crippen molar-refractivity contribution in [2.24, 2.45) is 7.05 Å². The predicted octanol–water partition coefficient (Wildman–Crippen LogP) is 4.65. The van der Waals surface area contributed by atoms with Crippen LogP contribution in [0.15, 0.2) is 60.8 Å². The molecule has 2 aromatic heterocycles. The molecule has 0 radical (unpaired) electrons. The van der Waals surface area contributed by atoms with Crippen LogP contribution in [0.5, 0.6) is 11.5 Å². The van der Waals surface area contributed by atoms with Crippen LogP contribution in [-0.2, 0) is 13.5 Å². The number of nitrogens with one attached hydrogen (secondary N) is 1. The summed E-state index contributed by atoms with van der Waals surface area (Å²) in [6.07, 6.45) is 2.62. The van der Waals surface area contributed by atoms with Gasteiger partial charge < -0.3 is 20.4 Å². The van der Waals surface area contributed by atoms with Crippen molar-refractivity contribution >= 4 is 28.5 Å². The fraction of sp³-hybridized carbons (Fsp3) is 0.143. The van der Waals surface area contributed by atoms with Gasteiger partial charge in [0.05, 0.1) is 11.0 Å². The van der Waals surface area contributed by atoms with Crippen LogP contribution in [0, 0.1) is 0 Å². The first-order valence-corrected chi connectivity index (χ1v) is 8.84. The number of ether oxygens (including phenoxy) is 1. The molecule has 0 saturated heterocycles. The maximum absolute atomic E-state index is 5.88. The standard InChI is InChI=1S/C21H21N5O/c1-3-14-5-4-6-15(11-14)24-21-25-18-12-16(7-8-19(18)26(21)2)27-17-9-10-23-20(22)13-17/h4-13H,3H2,1-2H3,(H2,22,23)(H,24,25). The van der Waals surface area contributed by atoms with E-state index in [4.69, 9.17) is 15.5 Å². The van der Waals surface area contributed by atoms with E-state index in [2.05, 4.69) is 35.4 Å². The Kier molecular flexibility index (Phi) is 4.38. The van der Waals surface area contributed by atoms with Gasteiger partial charge in [0.15, 0.2) is 0 Å². The van der Waals surface area contributed by atoms with Crippen LogP contribution in [0.1, 0.15) is 12.5 Å². The maximum Gasteiger partial charge on any atom is 0.208 e. The zero-order valence-corrected chi connectivity index (χ0v) is 15.3. The minimum Gasteiger partial charge on any atom is -0.457 e. The molecule has 6 heteroatoms. The Balaban J connectivity index is 1.63. The molecule has 2 aromatic carbocycles. The monoisotopic (exact) mass is 359 g/mol. The minimum atomic E-state index is 0.423. The molecule has 0 aliphatic rings. The Morgan fingerprint density at radius 3 is 2.74 bits per heavy atom. The van der Waals surface area contributed by atoms with Crippen LogP contribution in [-0.4, -0.2) is 14.5 Å². The highest BCUT2D eigenvalue weighted by Gasteiger charge is 2.10. The highest BCUT2D eigenvalue weighted by molar-refractivity contribution is 5.81. The summed E-state index contributed by atoms with van der Waals surface area (Å²) in [5, 5.41) is 3.40. The van der Waals surface area contributed by atoms with Gasteiger partial charge >= 0.3 is 0 Å². The number of hydrogen-bond acceptors (Lipinski definition) is 5. The third kappa shape index (κ3) is 3.55. The van der Waals surface area contributed by atoms with Crippen LogP contribution >= 0.6 is 0 Å². The normalized spacial score (nSPS) is 10.9. The van der Waals surface area contributed by atoms with Gasteiger partial charge in [-0.05, 0) is 42.3 Å². The van der Waals surface area contributed by atoms with Gasteiger partial charge in [-0.25, -0.2) is 9.97 Å². The molecule has 4 rings (SSSR count). The van der Waals surface area contributed by atoms with E-state index in [1.807, 2.05) is 35.9 Å². The van der Waals surface area contributed by atoms with Gasteiger partial charge in [0.2, 0.25) is 5.95 Å². The number of nitrogens with two attached hydrogens (primary N) is 1. The second kappa shape index (κ2) is 6.99. The SMILES string of the molecule is CCc1cccc(Nc2nc3cc(Oc4ccnc(N)c4)ccc3n2C)c1. The van der Waals surface area contributed by atoms with Crippen molar-refractivity contribution in [1.29, 1.82) is 0 Å². The van der Waals surface area contributed by atoms with Gasteiger partial charge in [-0.1, -0.05) is 19.1 Å². The zero-order chi connectivity index (χ0) is 18.8.